The summed E-state index contributed by atoms with van der Waals surface area (Å²) in [5.41, 5.74) is 5.43. The molecular formula is C27H32N2O4S. The average molecular weight is 481 g/mol. The number of aryl methyl sites for hydroxylation is 5. The lowest BCUT2D eigenvalue weighted by Gasteiger charge is -2.25. The Labute approximate surface area is 202 Å². The molecule has 3 rings (SSSR count). The largest absolute Gasteiger partial charge is 0.491 e. The van der Waals surface area contributed by atoms with Gasteiger partial charge in [0.2, 0.25) is 5.91 Å². The highest BCUT2D eigenvalue weighted by Gasteiger charge is 2.27. The van der Waals surface area contributed by atoms with Gasteiger partial charge in [0.15, 0.2) is 0 Å². The molecule has 0 aliphatic carbocycles. The molecular weight excluding hydrogens is 448 g/mol. The lowest BCUT2D eigenvalue weighted by Crippen LogP contribution is -2.42. The second kappa shape index (κ2) is 10.7. The van der Waals surface area contributed by atoms with E-state index in [4.69, 9.17) is 4.74 Å². The van der Waals surface area contributed by atoms with Crippen molar-refractivity contribution >= 4 is 21.6 Å². The number of amides is 1. The highest BCUT2D eigenvalue weighted by Crippen LogP contribution is 2.26. The first kappa shape index (κ1) is 25.3. The Morgan fingerprint density at radius 2 is 1.44 bits per heavy atom. The van der Waals surface area contributed by atoms with E-state index in [0.29, 0.717) is 5.69 Å². The summed E-state index contributed by atoms with van der Waals surface area (Å²) in [6, 6.07) is 18.0. The van der Waals surface area contributed by atoms with E-state index in [0.717, 1.165) is 37.9 Å². The predicted octanol–water partition coefficient (Wildman–Crippen LogP) is 4.62. The number of anilines is 1. The van der Waals surface area contributed by atoms with E-state index in [9.17, 15) is 13.2 Å². The highest BCUT2D eigenvalue weighted by molar-refractivity contribution is 7.92. The monoisotopic (exact) mass is 480 g/mol. The maximum absolute atomic E-state index is 13.5. The zero-order chi connectivity index (χ0) is 24.9. The van der Waals surface area contributed by atoms with E-state index in [1.807, 2.05) is 58.9 Å². The molecule has 0 spiro atoms. The Kier molecular flexibility index (Phi) is 7.99. The Bertz CT molecular complexity index is 1250. The topological polar surface area (TPSA) is 75.7 Å². The molecule has 7 heteroatoms. The second-order valence-corrected chi connectivity index (χ2v) is 10.5. The highest BCUT2D eigenvalue weighted by atomic mass is 32.2. The number of rotatable bonds is 9. The zero-order valence-electron chi connectivity index (χ0n) is 20.4. The summed E-state index contributed by atoms with van der Waals surface area (Å²) in [7, 11) is -3.94. The van der Waals surface area contributed by atoms with Crippen molar-refractivity contribution in [2.75, 3.05) is 24.0 Å². The number of nitrogens with zero attached hydrogens (tertiary/aromatic N) is 1. The van der Waals surface area contributed by atoms with Crippen molar-refractivity contribution < 1.29 is 17.9 Å². The van der Waals surface area contributed by atoms with Crippen LogP contribution < -0.4 is 14.4 Å². The van der Waals surface area contributed by atoms with Crippen molar-refractivity contribution in [2.45, 2.75) is 39.5 Å². The van der Waals surface area contributed by atoms with Gasteiger partial charge in [0, 0.05) is 0 Å². The van der Waals surface area contributed by atoms with Crippen molar-refractivity contribution in [2.24, 2.45) is 0 Å². The number of sulfonamides is 1. The van der Waals surface area contributed by atoms with Crippen LogP contribution in [-0.2, 0) is 14.8 Å². The molecule has 0 aliphatic heterocycles. The summed E-state index contributed by atoms with van der Waals surface area (Å²) in [4.78, 5) is 12.9. The van der Waals surface area contributed by atoms with Crippen molar-refractivity contribution in [3.8, 4) is 5.75 Å². The van der Waals surface area contributed by atoms with Gasteiger partial charge in [-0.2, -0.15) is 0 Å². The van der Waals surface area contributed by atoms with Gasteiger partial charge < -0.3 is 10.1 Å². The van der Waals surface area contributed by atoms with Crippen molar-refractivity contribution in [1.82, 2.24) is 5.32 Å². The quantitative estimate of drug-likeness (QED) is 0.454. The van der Waals surface area contributed by atoms with Crippen molar-refractivity contribution in [3.63, 3.8) is 0 Å². The van der Waals surface area contributed by atoms with Gasteiger partial charge in [-0.1, -0.05) is 41.5 Å². The third kappa shape index (κ3) is 6.38. The van der Waals surface area contributed by atoms with E-state index >= 15 is 0 Å². The Morgan fingerprint density at radius 3 is 2.06 bits per heavy atom. The fourth-order valence-electron chi connectivity index (χ4n) is 3.75. The zero-order valence-corrected chi connectivity index (χ0v) is 21.2. The van der Waals surface area contributed by atoms with Gasteiger partial charge in [-0.15, -0.1) is 0 Å². The van der Waals surface area contributed by atoms with Gasteiger partial charge in [0.05, 0.1) is 17.1 Å². The van der Waals surface area contributed by atoms with E-state index < -0.39 is 15.9 Å². The lowest BCUT2D eigenvalue weighted by atomic mass is 10.1. The second-order valence-electron chi connectivity index (χ2n) is 8.64. The number of carbonyl (C=O) groups is 1. The van der Waals surface area contributed by atoms with Crippen LogP contribution >= 0.6 is 0 Å². The molecule has 0 heterocycles. The van der Waals surface area contributed by atoms with Crippen LogP contribution in [0.2, 0.25) is 0 Å². The first-order chi connectivity index (χ1) is 16.1. The van der Waals surface area contributed by atoms with Gasteiger partial charge in [0.25, 0.3) is 10.0 Å². The van der Waals surface area contributed by atoms with Crippen LogP contribution in [0, 0.1) is 34.6 Å². The first-order valence-corrected chi connectivity index (χ1v) is 12.6. The van der Waals surface area contributed by atoms with Gasteiger partial charge in [0.1, 0.15) is 18.9 Å². The third-order valence-corrected chi connectivity index (χ3v) is 7.19. The number of carbonyl (C=O) groups excluding carboxylic acids is 1. The van der Waals surface area contributed by atoms with E-state index in [-0.39, 0.29) is 24.6 Å². The Morgan fingerprint density at radius 1 is 0.824 bits per heavy atom. The van der Waals surface area contributed by atoms with E-state index in [2.05, 4.69) is 5.32 Å². The van der Waals surface area contributed by atoms with Crippen LogP contribution in [0.15, 0.2) is 65.6 Å². The maximum Gasteiger partial charge on any atom is 0.264 e. The van der Waals surface area contributed by atoms with Crippen molar-refractivity contribution in [3.05, 3.63) is 88.5 Å². The molecule has 0 unspecified atom stereocenters. The van der Waals surface area contributed by atoms with Crippen LogP contribution in [0.1, 0.15) is 27.8 Å². The lowest BCUT2D eigenvalue weighted by molar-refractivity contribution is -0.119. The van der Waals surface area contributed by atoms with Crippen LogP contribution in [-0.4, -0.2) is 34.0 Å². The summed E-state index contributed by atoms with van der Waals surface area (Å²) in [6.07, 6.45) is 0. The summed E-state index contributed by atoms with van der Waals surface area (Å²) < 4.78 is 33.9. The molecule has 0 atom stereocenters. The molecule has 180 valence electrons. The summed E-state index contributed by atoms with van der Waals surface area (Å²) in [5.74, 6) is 0.359. The molecule has 0 saturated carbocycles. The van der Waals surface area contributed by atoms with Gasteiger partial charge >= 0.3 is 0 Å². The van der Waals surface area contributed by atoms with Gasteiger partial charge in [-0.25, -0.2) is 8.42 Å². The number of nitrogens with one attached hydrogen (secondary N) is 1. The number of hydrogen-bond donors (Lipinski definition) is 1. The predicted molar refractivity (Wildman–Crippen MR) is 136 cm³/mol. The number of hydrogen-bond acceptors (Lipinski definition) is 4. The van der Waals surface area contributed by atoms with E-state index in [1.54, 1.807) is 36.4 Å². The third-order valence-electron chi connectivity index (χ3n) is 5.40. The fraction of sp³-hybridized carbons (Fsp3) is 0.296. The number of benzene rings is 3. The average Bonchev–Trinajstić information content (AvgIpc) is 2.75. The molecule has 34 heavy (non-hydrogen) atoms. The molecule has 0 fully saturated rings. The normalized spacial score (nSPS) is 11.2. The van der Waals surface area contributed by atoms with Crippen LogP contribution in [0.25, 0.3) is 0 Å². The first-order valence-electron chi connectivity index (χ1n) is 11.2. The van der Waals surface area contributed by atoms with Crippen LogP contribution in [0.3, 0.4) is 0 Å². The fourth-order valence-corrected chi connectivity index (χ4v) is 5.15. The minimum Gasteiger partial charge on any atom is -0.491 e. The molecule has 0 aliphatic rings. The minimum atomic E-state index is -3.94. The molecule has 0 aromatic heterocycles. The van der Waals surface area contributed by atoms with Crippen LogP contribution in [0.5, 0.6) is 5.75 Å². The van der Waals surface area contributed by atoms with Gasteiger partial charge in [-0.3, -0.25) is 9.10 Å². The molecule has 3 aromatic rings. The standard InChI is InChI=1S/C27H32N2O4S/c1-19-6-9-25(10-7-19)34(31,32)29(24-16-21(3)14-22(4)17-24)18-27(30)28-12-13-33-26-11-8-20(2)15-23(26)5/h6-11,14-17H,12-13,18H2,1-5H3,(H,28,30). The van der Waals surface area contributed by atoms with Crippen molar-refractivity contribution in [1.29, 1.82) is 0 Å². The maximum atomic E-state index is 13.5. The van der Waals surface area contributed by atoms with Gasteiger partial charge in [-0.05, 0) is 81.6 Å². The van der Waals surface area contributed by atoms with Crippen LogP contribution in [0.4, 0.5) is 5.69 Å². The molecule has 0 radical (unpaired) electrons. The molecule has 1 N–H and O–H groups in total. The summed E-state index contributed by atoms with van der Waals surface area (Å²) in [5, 5.41) is 2.78. The SMILES string of the molecule is Cc1ccc(S(=O)(=O)N(CC(=O)NCCOc2ccc(C)cc2C)c2cc(C)cc(C)c2)cc1. The summed E-state index contributed by atoms with van der Waals surface area (Å²) in [6.45, 7) is 9.90. The summed E-state index contributed by atoms with van der Waals surface area (Å²) >= 11 is 0. The molecule has 1 amide bonds. The van der Waals surface area contributed by atoms with E-state index in [1.165, 1.54) is 0 Å². The Hall–Kier alpha value is -3.32. The number of ether oxygens (including phenoxy) is 1. The molecule has 3 aromatic carbocycles. The Balaban J connectivity index is 1.74. The molecule has 6 nitrogen and oxygen atoms in total. The molecule has 0 saturated heterocycles. The smallest absolute Gasteiger partial charge is 0.264 e. The minimum absolute atomic E-state index is 0.142. The molecule has 0 bridgehead atoms.